The molecule has 7 nitrogen and oxygen atoms in total. The number of nitrogens with zero attached hydrogens (tertiary/aromatic N) is 2. The molecule has 2 atom stereocenters. The summed E-state index contributed by atoms with van der Waals surface area (Å²) in [5, 5.41) is 20.1. The molecule has 0 saturated carbocycles. The molecule has 3 N–H and O–H groups in total. The van der Waals surface area contributed by atoms with Crippen molar-refractivity contribution in [3.05, 3.63) is 41.6 Å². The summed E-state index contributed by atoms with van der Waals surface area (Å²) >= 11 is 0. The van der Waals surface area contributed by atoms with Crippen molar-refractivity contribution in [1.29, 1.82) is 0 Å². The Balaban J connectivity index is 1.81. The first-order valence-electron chi connectivity index (χ1n) is 7.60. The molecule has 0 aromatic carbocycles. The fraction of sp³-hybridized carbons (Fsp3) is 0.500. The highest BCUT2D eigenvalue weighted by atomic mass is 16.4. The topological polar surface area (TPSA) is 92.3 Å². The number of carbonyl (C=O) groups excluding carboxylic acids is 1. The van der Waals surface area contributed by atoms with Crippen molar-refractivity contribution in [2.75, 3.05) is 6.54 Å². The third-order valence-corrected chi connectivity index (χ3v) is 3.57. The van der Waals surface area contributed by atoms with Gasteiger partial charge in [-0.1, -0.05) is 0 Å². The fourth-order valence-corrected chi connectivity index (χ4v) is 2.36. The first-order valence-corrected chi connectivity index (χ1v) is 7.60. The van der Waals surface area contributed by atoms with Crippen LogP contribution in [0.1, 0.15) is 31.0 Å². The maximum absolute atomic E-state index is 12.0. The lowest BCUT2D eigenvalue weighted by Crippen LogP contribution is -2.47. The Morgan fingerprint density at radius 2 is 2.26 bits per heavy atom. The fourth-order valence-electron chi connectivity index (χ4n) is 2.36. The van der Waals surface area contributed by atoms with Crippen molar-refractivity contribution < 1.29 is 14.3 Å². The minimum atomic E-state index is -1.25. The number of aromatic nitrogens is 2. The molecule has 2 aromatic heterocycles. The summed E-state index contributed by atoms with van der Waals surface area (Å²) in [6, 6.07) is 4.92. The van der Waals surface area contributed by atoms with Crippen molar-refractivity contribution in [1.82, 2.24) is 20.4 Å². The molecule has 7 heteroatoms. The smallest absolute Gasteiger partial charge is 0.315 e. The van der Waals surface area contributed by atoms with Gasteiger partial charge < -0.3 is 20.2 Å². The lowest BCUT2D eigenvalue weighted by Gasteiger charge is -2.22. The zero-order valence-electron chi connectivity index (χ0n) is 14.0. The van der Waals surface area contributed by atoms with E-state index in [1.807, 2.05) is 31.5 Å². The normalized spacial score (nSPS) is 15.0. The van der Waals surface area contributed by atoms with Crippen LogP contribution in [-0.2, 0) is 12.1 Å². The number of aryl methyl sites for hydroxylation is 2. The monoisotopic (exact) mass is 320 g/mol. The number of carbonyl (C=O) groups is 1. The van der Waals surface area contributed by atoms with Gasteiger partial charge in [-0.25, -0.2) is 4.79 Å². The molecule has 2 rings (SSSR count). The average molecular weight is 320 g/mol. The highest BCUT2D eigenvalue weighted by Gasteiger charge is 2.26. The van der Waals surface area contributed by atoms with Crippen LogP contribution in [0.2, 0.25) is 0 Å². The first kappa shape index (κ1) is 17.1. The maximum atomic E-state index is 12.0. The number of aliphatic hydroxyl groups is 1. The Labute approximate surface area is 135 Å². The van der Waals surface area contributed by atoms with Gasteiger partial charge in [0.05, 0.1) is 25.0 Å². The predicted octanol–water partition coefficient (Wildman–Crippen LogP) is 1.69. The van der Waals surface area contributed by atoms with Gasteiger partial charge in [0.2, 0.25) is 0 Å². The van der Waals surface area contributed by atoms with Gasteiger partial charge in [0.25, 0.3) is 0 Å². The minimum Gasteiger partial charge on any atom is -0.466 e. The van der Waals surface area contributed by atoms with Crippen LogP contribution in [0, 0.1) is 13.8 Å². The van der Waals surface area contributed by atoms with E-state index in [4.69, 9.17) is 4.42 Å². The molecule has 2 amide bonds. The third kappa shape index (κ3) is 4.59. The quantitative estimate of drug-likeness (QED) is 0.755. The first-order chi connectivity index (χ1) is 10.8. The molecule has 0 aliphatic heterocycles. The van der Waals surface area contributed by atoms with Crippen LogP contribution in [0.5, 0.6) is 0 Å². The molecule has 2 aromatic rings. The van der Waals surface area contributed by atoms with Gasteiger partial charge in [0.1, 0.15) is 11.4 Å². The van der Waals surface area contributed by atoms with Crippen LogP contribution in [0.15, 0.2) is 28.9 Å². The van der Waals surface area contributed by atoms with Crippen LogP contribution >= 0.6 is 0 Å². The summed E-state index contributed by atoms with van der Waals surface area (Å²) in [5.41, 5.74) is 0.755. The van der Waals surface area contributed by atoms with E-state index in [0.29, 0.717) is 12.3 Å². The highest BCUT2D eigenvalue weighted by molar-refractivity contribution is 5.74. The van der Waals surface area contributed by atoms with Crippen LogP contribution in [0.25, 0.3) is 0 Å². The Bertz CT molecular complexity index is 646. The zero-order valence-corrected chi connectivity index (χ0v) is 14.0. The van der Waals surface area contributed by atoms with Gasteiger partial charge in [-0.05, 0) is 45.9 Å². The van der Waals surface area contributed by atoms with E-state index in [9.17, 15) is 9.90 Å². The van der Waals surface area contributed by atoms with Gasteiger partial charge in [-0.15, -0.1) is 0 Å². The van der Waals surface area contributed by atoms with Gasteiger partial charge in [0, 0.05) is 11.7 Å². The second-order valence-corrected chi connectivity index (χ2v) is 6.09. The number of amides is 2. The van der Waals surface area contributed by atoms with E-state index < -0.39 is 5.60 Å². The maximum Gasteiger partial charge on any atom is 0.315 e. The lowest BCUT2D eigenvalue weighted by atomic mass is 10.0. The van der Waals surface area contributed by atoms with E-state index >= 15 is 0 Å². The van der Waals surface area contributed by atoms with Crippen LogP contribution < -0.4 is 10.6 Å². The molecule has 2 heterocycles. The Morgan fingerprint density at radius 3 is 2.83 bits per heavy atom. The molecule has 126 valence electrons. The third-order valence-electron chi connectivity index (χ3n) is 3.57. The van der Waals surface area contributed by atoms with E-state index in [1.54, 1.807) is 19.1 Å². The Kier molecular flexibility index (Phi) is 5.10. The van der Waals surface area contributed by atoms with E-state index in [1.165, 1.54) is 6.26 Å². The number of nitrogens with one attached hydrogen (secondary N) is 2. The summed E-state index contributed by atoms with van der Waals surface area (Å²) in [7, 11) is 0. The van der Waals surface area contributed by atoms with Gasteiger partial charge in [-0.2, -0.15) is 5.10 Å². The number of rotatable bonds is 6. The molecule has 23 heavy (non-hydrogen) atoms. The molecule has 0 aliphatic rings. The van der Waals surface area contributed by atoms with Crippen LogP contribution in [-0.4, -0.2) is 33.5 Å². The van der Waals surface area contributed by atoms with E-state index in [2.05, 4.69) is 15.7 Å². The number of furan rings is 1. The van der Waals surface area contributed by atoms with E-state index in [0.717, 1.165) is 11.4 Å². The second kappa shape index (κ2) is 6.87. The summed E-state index contributed by atoms with van der Waals surface area (Å²) in [6.45, 7) is 8.05. The SMILES string of the molecule is Cc1cc(C)n(C[C@@H](C)NC(=O)NC[C@](C)(O)c2ccco2)n1. The van der Waals surface area contributed by atoms with Crippen molar-refractivity contribution in [3.8, 4) is 0 Å². The van der Waals surface area contributed by atoms with Crippen LogP contribution in [0.3, 0.4) is 0 Å². The predicted molar refractivity (Wildman–Crippen MR) is 86.0 cm³/mol. The molecule has 0 aliphatic carbocycles. The molecular weight excluding hydrogens is 296 g/mol. The highest BCUT2D eigenvalue weighted by Crippen LogP contribution is 2.19. The molecule has 0 fully saturated rings. The summed E-state index contributed by atoms with van der Waals surface area (Å²) < 4.78 is 7.03. The van der Waals surface area contributed by atoms with Crippen molar-refractivity contribution in [3.63, 3.8) is 0 Å². The van der Waals surface area contributed by atoms with Crippen molar-refractivity contribution in [2.24, 2.45) is 0 Å². The zero-order chi connectivity index (χ0) is 17.0. The molecule has 0 unspecified atom stereocenters. The lowest BCUT2D eigenvalue weighted by molar-refractivity contribution is 0.0366. The second-order valence-electron chi connectivity index (χ2n) is 6.09. The summed E-state index contributed by atoms with van der Waals surface area (Å²) in [6.07, 6.45) is 1.49. The van der Waals surface area contributed by atoms with Crippen molar-refractivity contribution >= 4 is 6.03 Å². The molecule has 0 saturated heterocycles. The Hall–Kier alpha value is -2.28. The minimum absolute atomic E-state index is 0.0545. The molecule has 0 spiro atoms. The summed E-state index contributed by atoms with van der Waals surface area (Å²) in [4.78, 5) is 12.0. The van der Waals surface area contributed by atoms with Gasteiger partial charge in [0.15, 0.2) is 0 Å². The van der Waals surface area contributed by atoms with Crippen LogP contribution in [0.4, 0.5) is 4.79 Å². The standard InChI is InChI=1S/C16H24N4O3/c1-11-8-13(3)20(19-11)9-12(2)18-15(21)17-10-16(4,22)14-6-5-7-23-14/h5-8,12,22H,9-10H2,1-4H3,(H2,17,18,21)/t12-,16+/m1/s1. The average Bonchev–Trinajstić information content (AvgIpc) is 3.08. The molecule has 0 bridgehead atoms. The Morgan fingerprint density at radius 1 is 1.52 bits per heavy atom. The van der Waals surface area contributed by atoms with E-state index in [-0.39, 0.29) is 18.6 Å². The number of hydrogen-bond donors (Lipinski definition) is 3. The summed E-state index contributed by atoms with van der Waals surface area (Å²) in [5.74, 6) is 0.411. The molecule has 0 radical (unpaired) electrons. The molecular formula is C16H24N4O3. The number of urea groups is 1. The largest absolute Gasteiger partial charge is 0.466 e. The van der Waals surface area contributed by atoms with Crippen molar-refractivity contribution in [2.45, 2.75) is 45.9 Å². The van der Waals surface area contributed by atoms with Gasteiger partial charge >= 0.3 is 6.03 Å². The number of hydrogen-bond acceptors (Lipinski definition) is 4. The van der Waals surface area contributed by atoms with Gasteiger partial charge in [-0.3, -0.25) is 4.68 Å².